The van der Waals surface area contributed by atoms with Gasteiger partial charge in [0.1, 0.15) is 0 Å². The summed E-state index contributed by atoms with van der Waals surface area (Å²) >= 11 is 0. The fraction of sp³-hybridized carbons (Fsp3) is 0.800. The summed E-state index contributed by atoms with van der Waals surface area (Å²) in [5.74, 6) is 0.354. The van der Waals surface area contributed by atoms with Gasteiger partial charge in [0.2, 0.25) is 0 Å². The average Bonchev–Trinajstić information content (AvgIpc) is 2.31. The summed E-state index contributed by atoms with van der Waals surface area (Å²) in [5, 5.41) is 0. The number of hydrogen-bond donors (Lipinski definition) is 1. The zero-order valence-corrected chi connectivity index (χ0v) is 11.4. The minimum atomic E-state index is 0.344. The molecule has 0 unspecified atom stereocenters. The second kappa shape index (κ2) is 7.05. The van der Waals surface area contributed by atoms with Gasteiger partial charge in [-0.15, -0.1) is 0 Å². The molecule has 1 aliphatic carbocycles. The van der Waals surface area contributed by atoms with Crippen LogP contribution in [0.4, 0.5) is 0 Å². The maximum Gasteiger partial charge on any atom is 0.172 e. The number of carbonyl (C=O) groups is 1. The molecule has 0 aromatic carbocycles. The third-order valence-electron chi connectivity index (χ3n) is 4.15. The van der Waals surface area contributed by atoms with E-state index in [-0.39, 0.29) is 0 Å². The molecule has 18 heavy (non-hydrogen) atoms. The van der Waals surface area contributed by atoms with Gasteiger partial charge in [-0.2, -0.15) is 0 Å². The van der Waals surface area contributed by atoms with E-state index >= 15 is 0 Å². The molecule has 1 fully saturated rings. The highest BCUT2D eigenvalue weighted by molar-refractivity contribution is 5.96. The first kappa shape index (κ1) is 13.8. The molecule has 1 saturated heterocycles. The van der Waals surface area contributed by atoms with Crippen molar-refractivity contribution in [2.75, 3.05) is 19.6 Å². The van der Waals surface area contributed by atoms with Crippen molar-refractivity contribution in [3.63, 3.8) is 0 Å². The molecule has 0 saturated carbocycles. The quantitative estimate of drug-likeness (QED) is 0.835. The number of rotatable bonds is 3. The maximum atomic E-state index is 12.3. The molecule has 0 aromatic heterocycles. The van der Waals surface area contributed by atoms with Crippen LogP contribution in [0.2, 0.25) is 0 Å². The Morgan fingerprint density at radius 2 is 1.94 bits per heavy atom. The van der Waals surface area contributed by atoms with Crippen LogP contribution in [0.15, 0.2) is 11.6 Å². The number of Topliss-reactive ketones (excluding diaryl/α,β-unsaturated/α-hetero) is 1. The van der Waals surface area contributed by atoms with Gasteiger partial charge >= 0.3 is 0 Å². The van der Waals surface area contributed by atoms with Crippen LogP contribution in [-0.4, -0.2) is 36.4 Å². The van der Waals surface area contributed by atoms with Gasteiger partial charge in [-0.1, -0.05) is 18.9 Å². The normalized spacial score (nSPS) is 24.2. The molecule has 1 heterocycles. The molecular weight excluding hydrogens is 224 g/mol. The van der Waals surface area contributed by atoms with E-state index in [0.717, 1.165) is 44.3 Å². The number of ketones is 1. The Morgan fingerprint density at radius 1 is 1.22 bits per heavy atom. The Hall–Kier alpha value is -0.670. The molecular formula is C15H26N2O. The number of nitrogens with two attached hydrogens (primary N) is 1. The minimum absolute atomic E-state index is 0.344. The van der Waals surface area contributed by atoms with E-state index in [1.807, 2.05) is 0 Å². The zero-order chi connectivity index (χ0) is 12.8. The standard InChI is InChI=1S/C15H26N2O/c16-14-8-10-17(11-9-14)12-15(18)13-6-4-2-1-3-5-7-13/h6,14H,1-5,7-12,16H2. The predicted molar refractivity (Wildman–Crippen MR) is 74.4 cm³/mol. The molecule has 0 aromatic rings. The summed E-state index contributed by atoms with van der Waals surface area (Å²) in [7, 11) is 0. The van der Waals surface area contributed by atoms with Crippen molar-refractivity contribution in [2.45, 2.75) is 57.4 Å². The molecule has 102 valence electrons. The highest BCUT2D eigenvalue weighted by atomic mass is 16.1. The van der Waals surface area contributed by atoms with Gasteiger partial charge in [-0.05, 0) is 44.1 Å². The van der Waals surface area contributed by atoms with Crippen LogP contribution in [0.5, 0.6) is 0 Å². The summed E-state index contributed by atoms with van der Waals surface area (Å²) in [5.41, 5.74) is 6.97. The van der Waals surface area contributed by atoms with Crippen molar-refractivity contribution in [2.24, 2.45) is 5.73 Å². The largest absolute Gasteiger partial charge is 0.328 e. The molecule has 0 spiro atoms. The van der Waals surface area contributed by atoms with Crippen LogP contribution in [0.1, 0.15) is 51.4 Å². The van der Waals surface area contributed by atoms with Gasteiger partial charge in [0.05, 0.1) is 6.54 Å². The van der Waals surface area contributed by atoms with Gasteiger partial charge in [0.25, 0.3) is 0 Å². The molecule has 0 amide bonds. The topological polar surface area (TPSA) is 46.3 Å². The second-order valence-electron chi connectivity index (χ2n) is 5.72. The summed E-state index contributed by atoms with van der Waals surface area (Å²) in [6.07, 6.45) is 11.4. The molecule has 0 bridgehead atoms. The fourth-order valence-corrected chi connectivity index (χ4v) is 2.86. The summed E-state index contributed by atoms with van der Waals surface area (Å²) in [6.45, 7) is 2.58. The first-order chi connectivity index (χ1) is 8.75. The lowest BCUT2D eigenvalue weighted by atomic mass is 9.96. The maximum absolute atomic E-state index is 12.3. The molecule has 2 N–H and O–H groups in total. The monoisotopic (exact) mass is 250 g/mol. The molecule has 0 atom stereocenters. The molecule has 2 aliphatic rings. The second-order valence-corrected chi connectivity index (χ2v) is 5.72. The Kier molecular flexibility index (Phi) is 5.39. The summed E-state index contributed by atoms with van der Waals surface area (Å²) in [4.78, 5) is 14.5. The molecule has 2 rings (SSSR count). The number of likely N-dealkylation sites (tertiary alicyclic amines) is 1. The van der Waals surface area contributed by atoms with Gasteiger partial charge in [-0.25, -0.2) is 0 Å². The number of piperidine rings is 1. The third kappa shape index (κ3) is 4.21. The van der Waals surface area contributed by atoms with E-state index in [1.54, 1.807) is 0 Å². The smallest absolute Gasteiger partial charge is 0.172 e. The lowest BCUT2D eigenvalue weighted by Gasteiger charge is -2.29. The number of allylic oxidation sites excluding steroid dienone is 1. The number of hydrogen-bond acceptors (Lipinski definition) is 3. The van der Waals surface area contributed by atoms with Crippen molar-refractivity contribution in [3.8, 4) is 0 Å². The van der Waals surface area contributed by atoms with E-state index in [1.165, 1.54) is 25.7 Å². The molecule has 1 aliphatic heterocycles. The molecule has 3 heteroatoms. The predicted octanol–water partition coefficient (Wildman–Crippen LogP) is 2.26. The molecule has 3 nitrogen and oxygen atoms in total. The summed E-state index contributed by atoms with van der Waals surface area (Å²) in [6, 6.07) is 0.344. The number of nitrogens with zero attached hydrogens (tertiary/aromatic N) is 1. The first-order valence-corrected chi connectivity index (χ1v) is 7.46. The Morgan fingerprint density at radius 3 is 2.72 bits per heavy atom. The van der Waals surface area contributed by atoms with E-state index in [0.29, 0.717) is 18.4 Å². The van der Waals surface area contributed by atoms with Gasteiger partial charge in [0, 0.05) is 19.1 Å². The third-order valence-corrected chi connectivity index (χ3v) is 4.15. The van der Waals surface area contributed by atoms with Crippen molar-refractivity contribution >= 4 is 5.78 Å². The van der Waals surface area contributed by atoms with Gasteiger partial charge < -0.3 is 5.73 Å². The average molecular weight is 250 g/mol. The van der Waals surface area contributed by atoms with Crippen LogP contribution < -0.4 is 5.73 Å². The highest BCUT2D eigenvalue weighted by Crippen LogP contribution is 2.18. The lowest BCUT2D eigenvalue weighted by Crippen LogP contribution is -2.42. The Bertz CT molecular complexity index is 304. The Balaban J connectivity index is 1.82. The SMILES string of the molecule is NC1CCN(CC(=O)C2=CCCCCCC2)CC1. The van der Waals surface area contributed by atoms with E-state index < -0.39 is 0 Å². The fourth-order valence-electron chi connectivity index (χ4n) is 2.86. The van der Waals surface area contributed by atoms with E-state index in [9.17, 15) is 4.79 Å². The van der Waals surface area contributed by atoms with Gasteiger partial charge in [0.15, 0.2) is 5.78 Å². The van der Waals surface area contributed by atoms with Crippen molar-refractivity contribution in [3.05, 3.63) is 11.6 Å². The van der Waals surface area contributed by atoms with Crippen LogP contribution in [0, 0.1) is 0 Å². The van der Waals surface area contributed by atoms with Crippen LogP contribution in [0.3, 0.4) is 0 Å². The van der Waals surface area contributed by atoms with Crippen molar-refractivity contribution in [1.29, 1.82) is 0 Å². The summed E-state index contributed by atoms with van der Waals surface area (Å²) < 4.78 is 0. The zero-order valence-electron chi connectivity index (χ0n) is 11.4. The van der Waals surface area contributed by atoms with E-state index in [2.05, 4.69) is 11.0 Å². The van der Waals surface area contributed by atoms with Crippen LogP contribution in [-0.2, 0) is 4.79 Å². The molecule has 0 radical (unpaired) electrons. The highest BCUT2D eigenvalue weighted by Gasteiger charge is 2.20. The van der Waals surface area contributed by atoms with Crippen molar-refractivity contribution < 1.29 is 4.79 Å². The van der Waals surface area contributed by atoms with E-state index in [4.69, 9.17) is 5.73 Å². The minimum Gasteiger partial charge on any atom is -0.328 e. The Labute approximate surface area is 110 Å². The van der Waals surface area contributed by atoms with Crippen molar-refractivity contribution in [1.82, 2.24) is 4.90 Å². The van der Waals surface area contributed by atoms with Gasteiger partial charge in [-0.3, -0.25) is 9.69 Å². The lowest BCUT2D eigenvalue weighted by molar-refractivity contribution is -0.117. The van der Waals surface area contributed by atoms with Crippen LogP contribution >= 0.6 is 0 Å². The van der Waals surface area contributed by atoms with Crippen LogP contribution in [0.25, 0.3) is 0 Å². The number of carbonyl (C=O) groups excluding carboxylic acids is 1. The first-order valence-electron chi connectivity index (χ1n) is 7.46.